The lowest BCUT2D eigenvalue weighted by Gasteiger charge is -2.19. The monoisotopic (exact) mass is 348 g/mol. The van der Waals surface area contributed by atoms with Gasteiger partial charge in [0.25, 0.3) is 0 Å². The van der Waals surface area contributed by atoms with Crippen molar-refractivity contribution in [1.82, 2.24) is 10.2 Å². The number of hydrogen-bond donors (Lipinski definition) is 1. The number of nitrogens with one attached hydrogen (secondary N) is 1. The second-order valence-electron chi connectivity index (χ2n) is 7.08. The Hall–Kier alpha value is -2.35. The number of anilines is 1. The molecule has 0 amide bonds. The molecule has 26 heavy (non-hydrogen) atoms. The zero-order valence-corrected chi connectivity index (χ0v) is 15.6. The molecule has 1 saturated heterocycles. The highest BCUT2D eigenvalue weighted by Crippen LogP contribution is 2.16. The van der Waals surface area contributed by atoms with E-state index in [0.29, 0.717) is 12.5 Å². The molecule has 0 aromatic heterocycles. The molecule has 3 rings (SSSR count). The molecule has 1 atom stereocenters. The molecular formula is C22H28N4. The maximum atomic E-state index is 8.69. The third kappa shape index (κ3) is 5.32. The van der Waals surface area contributed by atoms with Gasteiger partial charge in [-0.15, -0.1) is 0 Å². The molecule has 1 heterocycles. The van der Waals surface area contributed by atoms with Crippen molar-refractivity contribution >= 4 is 5.69 Å². The van der Waals surface area contributed by atoms with E-state index in [1.165, 1.54) is 23.2 Å². The van der Waals surface area contributed by atoms with E-state index in [2.05, 4.69) is 75.8 Å². The molecule has 4 nitrogen and oxygen atoms in total. The van der Waals surface area contributed by atoms with Crippen LogP contribution < -0.4 is 10.2 Å². The van der Waals surface area contributed by atoms with Gasteiger partial charge in [-0.3, -0.25) is 4.90 Å². The maximum Gasteiger partial charge on any atom is 0.0640 e. The fourth-order valence-electron chi connectivity index (χ4n) is 3.46. The number of likely N-dealkylation sites (tertiary alicyclic amines) is 1. The van der Waals surface area contributed by atoms with Crippen LogP contribution in [0.5, 0.6) is 0 Å². The number of nitrogens with zero attached hydrogens (tertiary/aromatic N) is 3. The standard InChI is InChI=1S/C22H28N4/c1-25(14-5-13-23)22-10-8-19(9-11-22)16-24-21-12-15-26(18-21)17-20-6-3-2-4-7-20/h2-4,6-11,21,24H,5,12,14-18H2,1H3/t21-/m0/s1. The average Bonchev–Trinajstić information content (AvgIpc) is 3.13. The molecule has 136 valence electrons. The molecule has 0 aliphatic carbocycles. The van der Waals surface area contributed by atoms with Crippen LogP contribution in [0.25, 0.3) is 0 Å². The van der Waals surface area contributed by atoms with Crippen molar-refractivity contribution in [3.8, 4) is 6.07 Å². The zero-order valence-electron chi connectivity index (χ0n) is 15.6. The highest BCUT2D eigenvalue weighted by molar-refractivity contribution is 5.46. The molecule has 1 N–H and O–H groups in total. The molecule has 0 spiro atoms. The van der Waals surface area contributed by atoms with E-state index in [1.54, 1.807) is 0 Å². The lowest BCUT2D eigenvalue weighted by molar-refractivity contribution is 0.320. The van der Waals surface area contributed by atoms with Crippen molar-refractivity contribution < 1.29 is 0 Å². The van der Waals surface area contributed by atoms with E-state index in [9.17, 15) is 0 Å². The first-order valence-electron chi connectivity index (χ1n) is 9.41. The first-order chi connectivity index (χ1) is 12.7. The van der Waals surface area contributed by atoms with Gasteiger partial charge in [0.2, 0.25) is 0 Å². The van der Waals surface area contributed by atoms with Gasteiger partial charge in [0.05, 0.1) is 12.5 Å². The summed E-state index contributed by atoms with van der Waals surface area (Å²) in [5, 5.41) is 12.4. The zero-order chi connectivity index (χ0) is 18.2. The van der Waals surface area contributed by atoms with Gasteiger partial charge < -0.3 is 10.2 Å². The Kier molecular flexibility index (Phi) is 6.65. The Morgan fingerprint density at radius 1 is 1.12 bits per heavy atom. The summed E-state index contributed by atoms with van der Waals surface area (Å²) in [4.78, 5) is 4.65. The van der Waals surface area contributed by atoms with Crippen LogP contribution in [0.4, 0.5) is 5.69 Å². The lowest BCUT2D eigenvalue weighted by atomic mass is 10.1. The molecule has 1 aliphatic heterocycles. The third-order valence-corrected chi connectivity index (χ3v) is 5.05. The molecule has 0 radical (unpaired) electrons. The van der Waals surface area contributed by atoms with Crippen molar-refractivity contribution in [2.75, 3.05) is 31.6 Å². The summed E-state index contributed by atoms with van der Waals surface area (Å²) >= 11 is 0. The third-order valence-electron chi connectivity index (χ3n) is 5.05. The molecule has 1 aliphatic rings. The van der Waals surface area contributed by atoms with Crippen LogP contribution in [-0.4, -0.2) is 37.6 Å². The first-order valence-corrected chi connectivity index (χ1v) is 9.41. The minimum atomic E-state index is 0.557. The smallest absolute Gasteiger partial charge is 0.0640 e. The maximum absolute atomic E-state index is 8.69. The summed E-state index contributed by atoms with van der Waals surface area (Å²) in [5.74, 6) is 0. The highest BCUT2D eigenvalue weighted by atomic mass is 15.2. The average molecular weight is 348 g/mol. The fraction of sp³-hybridized carbons (Fsp3) is 0.409. The molecule has 2 aromatic carbocycles. The summed E-state index contributed by atoms with van der Waals surface area (Å²) in [6.07, 6.45) is 1.77. The van der Waals surface area contributed by atoms with Crippen molar-refractivity contribution in [3.63, 3.8) is 0 Å². The van der Waals surface area contributed by atoms with E-state index in [-0.39, 0.29) is 0 Å². The van der Waals surface area contributed by atoms with E-state index >= 15 is 0 Å². The Bertz CT molecular complexity index is 705. The van der Waals surface area contributed by atoms with Crippen molar-refractivity contribution in [2.24, 2.45) is 0 Å². The minimum absolute atomic E-state index is 0.557. The molecule has 0 saturated carbocycles. The number of nitriles is 1. The SMILES string of the molecule is CN(CCC#N)c1ccc(CN[C@H]2CCN(Cc3ccccc3)C2)cc1. The summed E-state index contributed by atoms with van der Waals surface area (Å²) in [6, 6.07) is 22.1. The van der Waals surface area contributed by atoms with Crippen LogP contribution in [0.15, 0.2) is 54.6 Å². The number of rotatable bonds is 8. The highest BCUT2D eigenvalue weighted by Gasteiger charge is 2.21. The van der Waals surface area contributed by atoms with Crippen molar-refractivity contribution in [2.45, 2.75) is 32.0 Å². The van der Waals surface area contributed by atoms with Crippen LogP contribution in [0.3, 0.4) is 0 Å². The van der Waals surface area contributed by atoms with Gasteiger partial charge in [-0.25, -0.2) is 0 Å². The van der Waals surface area contributed by atoms with E-state index in [1.807, 2.05) is 7.05 Å². The van der Waals surface area contributed by atoms with Crippen LogP contribution in [0, 0.1) is 11.3 Å². The van der Waals surface area contributed by atoms with Gasteiger partial charge in [-0.2, -0.15) is 5.26 Å². The Balaban J connectivity index is 1.42. The number of benzene rings is 2. The van der Waals surface area contributed by atoms with Crippen molar-refractivity contribution in [3.05, 3.63) is 65.7 Å². The van der Waals surface area contributed by atoms with Crippen LogP contribution >= 0.6 is 0 Å². The molecule has 1 fully saturated rings. The predicted octanol–water partition coefficient (Wildman–Crippen LogP) is 3.40. The van der Waals surface area contributed by atoms with Gasteiger partial charge in [0.15, 0.2) is 0 Å². The van der Waals surface area contributed by atoms with Gasteiger partial charge in [0, 0.05) is 51.5 Å². The molecular weight excluding hydrogens is 320 g/mol. The summed E-state index contributed by atoms with van der Waals surface area (Å²) in [7, 11) is 2.03. The first kappa shape index (κ1) is 18.4. The van der Waals surface area contributed by atoms with Gasteiger partial charge in [-0.1, -0.05) is 42.5 Å². The molecule has 4 heteroatoms. The van der Waals surface area contributed by atoms with Crippen molar-refractivity contribution in [1.29, 1.82) is 5.26 Å². The molecule has 0 unspecified atom stereocenters. The largest absolute Gasteiger partial charge is 0.374 e. The quantitative estimate of drug-likeness (QED) is 0.794. The van der Waals surface area contributed by atoms with Gasteiger partial charge in [0.1, 0.15) is 0 Å². The Morgan fingerprint density at radius 3 is 2.62 bits per heavy atom. The Labute approximate surface area is 157 Å². The van der Waals surface area contributed by atoms with Gasteiger partial charge in [-0.05, 0) is 29.7 Å². The second-order valence-corrected chi connectivity index (χ2v) is 7.08. The summed E-state index contributed by atoms with van der Waals surface area (Å²) in [5.41, 5.74) is 3.87. The topological polar surface area (TPSA) is 42.3 Å². The lowest BCUT2D eigenvalue weighted by Crippen LogP contribution is -2.32. The molecule has 2 aromatic rings. The normalized spacial score (nSPS) is 17.2. The summed E-state index contributed by atoms with van der Waals surface area (Å²) < 4.78 is 0. The molecule has 0 bridgehead atoms. The van der Waals surface area contributed by atoms with Crippen LogP contribution in [0.2, 0.25) is 0 Å². The summed E-state index contributed by atoms with van der Waals surface area (Å²) in [6.45, 7) is 5.00. The van der Waals surface area contributed by atoms with Crippen LogP contribution in [-0.2, 0) is 13.1 Å². The predicted molar refractivity (Wildman–Crippen MR) is 107 cm³/mol. The van der Waals surface area contributed by atoms with Crippen LogP contribution in [0.1, 0.15) is 24.0 Å². The van der Waals surface area contributed by atoms with E-state index in [4.69, 9.17) is 5.26 Å². The van der Waals surface area contributed by atoms with E-state index in [0.717, 1.165) is 32.7 Å². The second kappa shape index (κ2) is 9.38. The Morgan fingerprint density at radius 2 is 1.88 bits per heavy atom. The van der Waals surface area contributed by atoms with E-state index < -0.39 is 0 Å². The number of hydrogen-bond acceptors (Lipinski definition) is 4. The fourth-order valence-corrected chi connectivity index (χ4v) is 3.46. The van der Waals surface area contributed by atoms with Gasteiger partial charge >= 0.3 is 0 Å². The minimum Gasteiger partial charge on any atom is -0.374 e.